The highest BCUT2D eigenvalue weighted by Gasteiger charge is 2.37. The number of amides is 1. The van der Waals surface area contributed by atoms with Crippen molar-refractivity contribution in [2.24, 2.45) is 0 Å². The van der Waals surface area contributed by atoms with Gasteiger partial charge in [-0.05, 0) is 54.5 Å². The molecular weight excluding hydrogens is 518 g/mol. The van der Waals surface area contributed by atoms with Gasteiger partial charge in [-0.2, -0.15) is 13.2 Å². The number of nitrogens with one attached hydrogen (secondary N) is 1. The molecule has 5 rings (SSSR count). The zero-order valence-corrected chi connectivity index (χ0v) is 21.7. The van der Waals surface area contributed by atoms with Gasteiger partial charge in [-0.1, -0.05) is 6.92 Å². The van der Waals surface area contributed by atoms with E-state index in [0.29, 0.717) is 68.5 Å². The van der Waals surface area contributed by atoms with Crippen molar-refractivity contribution in [1.29, 1.82) is 0 Å². The second kappa shape index (κ2) is 9.86. The van der Waals surface area contributed by atoms with Crippen molar-refractivity contribution in [3.63, 3.8) is 0 Å². The summed E-state index contributed by atoms with van der Waals surface area (Å²) in [5, 5.41) is 3.12. The standard InChI is InChI=1S/C28H27F4N3O4/c1-4-14(11-36)16-7-22-26-17(10-35(22)27(38)18(16)12-39-3)25-20(33-23(37)9-28(30,31)32)6-5-15-13(2)19(29)8-21(34-26)24(15)25/h7-8,11,14,20H,4-6,9-10,12H2,1-3H3,(H,33,37). The van der Waals surface area contributed by atoms with Crippen molar-refractivity contribution in [3.05, 3.63) is 61.7 Å². The highest BCUT2D eigenvalue weighted by molar-refractivity contribution is 5.93. The number of carbonyl (C=O) groups excluding carboxylic acids is 2. The number of alkyl halides is 3. The van der Waals surface area contributed by atoms with Crippen LogP contribution >= 0.6 is 0 Å². The lowest BCUT2D eigenvalue weighted by Gasteiger charge is -2.30. The molecule has 1 aliphatic carbocycles. The molecule has 3 heterocycles. The van der Waals surface area contributed by atoms with Gasteiger partial charge in [-0.25, -0.2) is 9.37 Å². The predicted molar refractivity (Wildman–Crippen MR) is 135 cm³/mol. The van der Waals surface area contributed by atoms with Crippen LogP contribution in [-0.4, -0.2) is 35.0 Å². The Hall–Kier alpha value is -3.60. The third-order valence-electron chi connectivity index (χ3n) is 7.76. The maximum Gasteiger partial charge on any atom is 0.397 e. The van der Waals surface area contributed by atoms with Crippen LogP contribution in [0.15, 0.2) is 16.9 Å². The molecule has 1 amide bonds. The zero-order chi connectivity index (χ0) is 28.2. The van der Waals surface area contributed by atoms with Gasteiger partial charge in [0.1, 0.15) is 18.5 Å². The molecule has 0 saturated carbocycles. The summed E-state index contributed by atoms with van der Waals surface area (Å²) in [7, 11) is 1.45. The molecule has 2 atom stereocenters. The number of pyridine rings is 2. The molecule has 1 N–H and O–H groups in total. The molecule has 0 fully saturated rings. The Morgan fingerprint density at radius 2 is 2.05 bits per heavy atom. The maximum absolute atomic E-state index is 14.9. The minimum Gasteiger partial charge on any atom is -0.380 e. The number of aryl methyl sites for hydroxylation is 1. The smallest absolute Gasteiger partial charge is 0.380 e. The quantitative estimate of drug-likeness (QED) is 0.267. The Morgan fingerprint density at radius 3 is 2.69 bits per heavy atom. The number of halogens is 4. The van der Waals surface area contributed by atoms with E-state index < -0.39 is 36.3 Å². The number of benzene rings is 1. The van der Waals surface area contributed by atoms with Crippen LogP contribution in [0.1, 0.15) is 71.5 Å². The van der Waals surface area contributed by atoms with Crippen molar-refractivity contribution in [1.82, 2.24) is 14.9 Å². The van der Waals surface area contributed by atoms with E-state index in [2.05, 4.69) is 5.32 Å². The van der Waals surface area contributed by atoms with Gasteiger partial charge in [0, 0.05) is 35.6 Å². The topological polar surface area (TPSA) is 90.3 Å². The van der Waals surface area contributed by atoms with Gasteiger partial charge in [0.25, 0.3) is 5.56 Å². The second-order valence-corrected chi connectivity index (χ2v) is 10.1. The molecule has 0 radical (unpaired) electrons. The fourth-order valence-electron chi connectivity index (χ4n) is 5.94. The van der Waals surface area contributed by atoms with Crippen LogP contribution in [0.4, 0.5) is 17.6 Å². The number of rotatable bonds is 7. The fraction of sp³-hybridized carbons (Fsp3) is 0.429. The van der Waals surface area contributed by atoms with Gasteiger partial charge in [0.2, 0.25) is 5.91 Å². The van der Waals surface area contributed by atoms with Gasteiger partial charge in [-0.3, -0.25) is 9.59 Å². The van der Waals surface area contributed by atoms with Crippen molar-refractivity contribution in [2.45, 2.75) is 70.8 Å². The average Bonchev–Trinajstić information content (AvgIpc) is 3.23. The molecule has 39 heavy (non-hydrogen) atoms. The first-order chi connectivity index (χ1) is 18.5. The summed E-state index contributed by atoms with van der Waals surface area (Å²) in [6.07, 6.45) is -4.46. The minimum atomic E-state index is -4.67. The third kappa shape index (κ3) is 4.52. The molecule has 0 saturated heterocycles. The predicted octanol–water partition coefficient (Wildman–Crippen LogP) is 4.77. The number of aromatic nitrogens is 2. The monoisotopic (exact) mass is 545 g/mol. The normalized spacial score (nSPS) is 16.6. The third-order valence-corrected chi connectivity index (χ3v) is 7.76. The molecule has 1 aromatic carbocycles. The van der Waals surface area contributed by atoms with Crippen LogP contribution in [0, 0.1) is 12.7 Å². The molecule has 0 bridgehead atoms. The summed E-state index contributed by atoms with van der Waals surface area (Å²) >= 11 is 0. The lowest BCUT2D eigenvalue weighted by Crippen LogP contribution is -2.34. The molecule has 2 unspecified atom stereocenters. The molecule has 0 spiro atoms. The SMILES string of the molecule is CCC(C=O)c1cc2n(c(=O)c1COC)Cc1c-2nc2cc(F)c(C)c3c2c1C(NC(=O)CC(F)(F)F)CC3. The zero-order valence-electron chi connectivity index (χ0n) is 21.7. The van der Waals surface area contributed by atoms with Gasteiger partial charge in [0.05, 0.1) is 36.1 Å². The van der Waals surface area contributed by atoms with E-state index >= 15 is 0 Å². The number of aldehydes is 1. The van der Waals surface area contributed by atoms with Crippen LogP contribution in [0.3, 0.4) is 0 Å². The Labute approximate surface area is 221 Å². The molecule has 3 aromatic rings. The Kier molecular flexibility index (Phi) is 6.82. The Balaban J connectivity index is 1.76. The summed E-state index contributed by atoms with van der Waals surface area (Å²) in [4.78, 5) is 42.6. The lowest BCUT2D eigenvalue weighted by molar-refractivity contribution is -0.154. The molecule has 206 valence electrons. The number of ether oxygens (including phenoxy) is 1. The molecular formula is C28H27F4N3O4. The number of hydrogen-bond donors (Lipinski definition) is 1. The van der Waals surface area contributed by atoms with E-state index in [1.165, 1.54) is 17.7 Å². The van der Waals surface area contributed by atoms with E-state index in [9.17, 15) is 31.9 Å². The summed E-state index contributed by atoms with van der Waals surface area (Å²) in [6, 6.07) is 2.22. The fourth-order valence-corrected chi connectivity index (χ4v) is 5.94. The first-order valence-corrected chi connectivity index (χ1v) is 12.7. The first kappa shape index (κ1) is 27.0. The van der Waals surface area contributed by atoms with Gasteiger partial charge in [0.15, 0.2) is 0 Å². The minimum absolute atomic E-state index is 0.0118. The van der Waals surface area contributed by atoms with Crippen LogP contribution in [0.5, 0.6) is 0 Å². The summed E-state index contributed by atoms with van der Waals surface area (Å²) in [6.45, 7) is 3.52. The number of carbonyl (C=O) groups is 2. The first-order valence-electron chi connectivity index (χ1n) is 12.7. The van der Waals surface area contributed by atoms with Crippen molar-refractivity contribution < 1.29 is 31.9 Å². The average molecular weight is 546 g/mol. The van der Waals surface area contributed by atoms with Crippen LogP contribution in [-0.2, 0) is 33.9 Å². The summed E-state index contributed by atoms with van der Waals surface area (Å²) in [5.74, 6) is -2.19. The number of fused-ring (bicyclic) bond motifs is 4. The van der Waals surface area contributed by atoms with Crippen molar-refractivity contribution >= 4 is 23.1 Å². The van der Waals surface area contributed by atoms with E-state index in [0.717, 1.165) is 6.29 Å². The maximum atomic E-state index is 14.9. The van der Waals surface area contributed by atoms with Crippen LogP contribution in [0.2, 0.25) is 0 Å². The van der Waals surface area contributed by atoms with E-state index in [4.69, 9.17) is 9.72 Å². The lowest BCUT2D eigenvalue weighted by atomic mass is 9.81. The van der Waals surface area contributed by atoms with E-state index in [1.807, 2.05) is 6.92 Å². The van der Waals surface area contributed by atoms with Crippen molar-refractivity contribution in [2.75, 3.05) is 7.11 Å². The number of methoxy groups -OCH3 is 1. The van der Waals surface area contributed by atoms with Crippen LogP contribution < -0.4 is 10.9 Å². The molecule has 2 aliphatic rings. The van der Waals surface area contributed by atoms with Crippen molar-refractivity contribution in [3.8, 4) is 11.4 Å². The van der Waals surface area contributed by atoms with E-state index in [1.54, 1.807) is 13.0 Å². The molecule has 1 aliphatic heterocycles. The largest absolute Gasteiger partial charge is 0.397 e. The van der Waals surface area contributed by atoms with Gasteiger partial charge in [-0.15, -0.1) is 0 Å². The Morgan fingerprint density at radius 1 is 1.31 bits per heavy atom. The number of nitrogens with zero attached hydrogens (tertiary/aromatic N) is 2. The molecule has 11 heteroatoms. The van der Waals surface area contributed by atoms with Gasteiger partial charge < -0.3 is 19.4 Å². The molecule has 2 aromatic heterocycles. The molecule has 7 nitrogen and oxygen atoms in total. The number of hydrogen-bond acceptors (Lipinski definition) is 5. The second-order valence-electron chi connectivity index (χ2n) is 10.1. The van der Waals surface area contributed by atoms with Crippen LogP contribution in [0.25, 0.3) is 22.3 Å². The van der Waals surface area contributed by atoms with Gasteiger partial charge >= 0.3 is 6.18 Å². The highest BCUT2D eigenvalue weighted by Crippen LogP contribution is 2.45. The van der Waals surface area contributed by atoms with E-state index in [-0.39, 0.29) is 25.1 Å². The highest BCUT2D eigenvalue weighted by atomic mass is 19.4. The summed E-state index contributed by atoms with van der Waals surface area (Å²) < 4.78 is 60.5. The Bertz CT molecular complexity index is 1580. The summed E-state index contributed by atoms with van der Waals surface area (Å²) in [5.41, 5.74) is 3.83.